The van der Waals surface area contributed by atoms with Crippen molar-refractivity contribution in [2.75, 3.05) is 13.1 Å². The minimum Gasteiger partial charge on any atom is -0.337 e. The van der Waals surface area contributed by atoms with E-state index in [2.05, 4.69) is 11.9 Å². The van der Waals surface area contributed by atoms with Gasteiger partial charge < -0.3 is 4.90 Å². The fourth-order valence-corrected chi connectivity index (χ4v) is 3.83. The summed E-state index contributed by atoms with van der Waals surface area (Å²) in [5.41, 5.74) is 0.407. The van der Waals surface area contributed by atoms with Crippen molar-refractivity contribution in [3.05, 3.63) is 59.4 Å². The molecule has 1 aliphatic rings. The Morgan fingerprint density at radius 3 is 2.59 bits per heavy atom. The van der Waals surface area contributed by atoms with E-state index in [0.717, 1.165) is 38.1 Å². The zero-order valence-corrected chi connectivity index (χ0v) is 15.8. The van der Waals surface area contributed by atoms with Gasteiger partial charge in [0.2, 0.25) is 0 Å². The van der Waals surface area contributed by atoms with E-state index in [1.807, 2.05) is 4.90 Å². The number of piperidine rings is 1. The molecule has 7 heteroatoms. The second-order valence-electron chi connectivity index (χ2n) is 6.80. The molecule has 1 amide bonds. The van der Waals surface area contributed by atoms with E-state index in [0.29, 0.717) is 28.0 Å². The number of likely N-dealkylation sites (tertiary alicyclic amines) is 1. The van der Waals surface area contributed by atoms with Gasteiger partial charge in [-0.25, -0.2) is 4.98 Å². The molecule has 1 saturated heterocycles. The third-order valence-corrected chi connectivity index (χ3v) is 5.67. The highest BCUT2D eigenvalue weighted by atomic mass is 32.2. The molecule has 144 valence electrons. The van der Waals surface area contributed by atoms with Crippen LogP contribution in [0.2, 0.25) is 0 Å². The third kappa shape index (κ3) is 5.25. The number of benzene rings is 1. The Balaban J connectivity index is 1.65. The average molecular weight is 394 g/mol. The molecular formula is C20H21F3N2OS. The van der Waals surface area contributed by atoms with Crippen molar-refractivity contribution in [2.45, 2.75) is 36.6 Å². The van der Waals surface area contributed by atoms with Crippen molar-refractivity contribution >= 4 is 17.7 Å². The van der Waals surface area contributed by atoms with Gasteiger partial charge in [-0.05, 0) is 49.1 Å². The molecular weight excluding hydrogens is 373 g/mol. The summed E-state index contributed by atoms with van der Waals surface area (Å²) in [7, 11) is 0. The van der Waals surface area contributed by atoms with Crippen LogP contribution in [-0.4, -0.2) is 28.9 Å². The van der Waals surface area contributed by atoms with Crippen LogP contribution in [0.25, 0.3) is 0 Å². The van der Waals surface area contributed by atoms with Crippen LogP contribution >= 0.6 is 11.8 Å². The molecule has 2 heterocycles. The van der Waals surface area contributed by atoms with E-state index in [-0.39, 0.29) is 5.91 Å². The summed E-state index contributed by atoms with van der Waals surface area (Å²) in [6, 6.07) is 10.5. The van der Waals surface area contributed by atoms with Crippen molar-refractivity contribution in [1.29, 1.82) is 0 Å². The van der Waals surface area contributed by atoms with Crippen LogP contribution in [0.4, 0.5) is 13.2 Å². The highest BCUT2D eigenvalue weighted by Gasteiger charge is 2.30. The summed E-state index contributed by atoms with van der Waals surface area (Å²) in [5, 5.41) is 0. The first kappa shape index (κ1) is 19.7. The van der Waals surface area contributed by atoms with Crippen molar-refractivity contribution in [2.24, 2.45) is 5.92 Å². The first-order chi connectivity index (χ1) is 12.8. The van der Waals surface area contributed by atoms with Crippen molar-refractivity contribution in [3.63, 3.8) is 0 Å². The van der Waals surface area contributed by atoms with Gasteiger partial charge in [-0.15, -0.1) is 11.8 Å². The topological polar surface area (TPSA) is 33.2 Å². The van der Waals surface area contributed by atoms with Gasteiger partial charge in [0.25, 0.3) is 5.91 Å². The van der Waals surface area contributed by atoms with Crippen LogP contribution in [-0.2, 0) is 11.9 Å². The Bertz CT molecular complexity index is 802. The first-order valence-corrected chi connectivity index (χ1v) is 9.87. The molecule has 1 aliphatic heterocycles. The predicted molar refractivity (Wildman–Crippen MR) is 99.5 cm³/mol. The largest absolute Gasteiger partial charge is 0.416 e. The van der Waals surface area contributed by atoms with Gasteiger partial charge in [0.1, 0.15) is 5.69 Å². The Hall–Kier alpha value is -2.02. The number of pyridine rings is 1. The fraction of sp³-hybridized carbons (Fsp3) is 0.400. The number of carbonyl (C=O) groups excluding carboxylic acids is 1. The minimum atomic E-state index is -4.35. The maximum Gasteiger partial charge on any atom is 0.416 e. The van der Waals surface area contributed by atoms with Gasteiger partial charge in [-0.3, -0.25) is 4.79 Å². The van der Waals surface area contributed by atoms with Crippen LogP contribution in [0.1, 0.15) is 41.5 Å². The molecule has 1 aromatic heterocycles. The summed E-state index contributed by atoms with van der Waals surface area (Å²) in [5.74, 6) is 0.962. The van der Waals surface area contributed by atoms with Gasteiger partial charge in [0, 0.05) is 23.7 Å². The van der Waals surface area contributed by atoms with Gasteiger partial charge in [-0.1, -0.05) is 19.1 Å². The van der Waals surface area contributed by atoms with E-state index >= 15 is 0 Å². The first-order valence-electron chi connectivity index (χ1n) is 8.88. The van der Waals surface area contributed by atoms with Crippen LogP contribution in [0.5, 0.6) is 0 Å². The second kappa shape index (κ2) is 8.33. The molecule has 0 spiro atoms. The highest BCUT2D eigenvalue weighted by molar-refractivity contribution is 7.98. The number of nitrogens with zero attached hydrogens (tertiary/aromatic N) is 2. The number of carbonyl (C=O) groups is 1. The summed E-state index contributed by atoms with van der Waals surface area (Å²) in [6.45, 7) is 3.67. The summed E-state index contributed by atoms with van der Waals surface area (Å²) in [4.78, 5) is 19.4. The van der Waals surface area contributed by atoms with E-state index in [9.17, 15) is 18.0 Å². The number of rotatable bonds is 4. The number of thioether (sulfide) groups is 1. The molecule has 0 atom stereocenters. The molecule has 27 heavy (non-hydrogen) atoms. The van der Waals surface area contributed by atoms with Gasteiger partial charge in [0.05, 0.1) is 11.3 Å². The SMILES string of the molecule is CC1CCN(C(=O)c2cccc(CSc3cccc(C(F)(F)F)c3)n2)CC1. The number of amides is 1. The third-order valence-electron chi connectivity index (χ3n) is 4.64. The van der Waals surface area contributed by atoms with Crippen molar-refractivity contribution < 1.29 is 18.0 Å². The molecule has 1 fully saturated rings. The highest BCUT2D eigenvalue weighted by Crippen LogP contribution is 2.32. The van der Waals surface area contributed by atoms with Crippen LogP contribution in [0.15, 0.2) is 47.4 Å². The van der Waals surface area contributed by atoms with Gasteiger partial charge in [-0.2, -0.15) is 13.2 Å². The lowest BCUT2D eigenvalue weighted by molar-refractivity contribution is -0.137. The van der Waals surface area contributed by atoms with E-state index in [4.69, 9.17) is 0 Å². The Kier molecular flexibility index (Phi) is 6.09. The molecule has 0 aliphatic carbocycles. The maximum atomic E-state index is 12.8. The maximum absolute atomic E-state index is 12.8. The Labute approximate surface area is 161 Å². The number of aromatic nitrogens is 1. The summed E-state index contributed by atoms with van der Waals surface area (Å²) >= 11 is 1.27. The van der Waals surface area contributed by atoms with Crippen molar-refractivity contribution in [1.82, 2.24) is 9.88 Å². The van der Waals surface area contributed by atoms with Crippen LogP contribution < -0.4 is 0 Å². The molecule has 3 nitrogen and oxygen atoms in total. The van der Waals surface area contributed by atoms with E-state index in [1.165, 1.54) is 17.8 Å². The van der Waals surface area contributed by atoms with E-state index < -0.39 is 11.7 Å². The number of hydrogen-bond donors (Lipinski definition) is 0. The van der Waals surface area contributed by atoms with Crippen LogP contribution in [0, 0.1) is 5.92 Å². The smallest absolute Gasteiger partial charge is 0.337 e. The van der Waals surface area contributed by atoms with Crippen LogP contribution in [0.3, 0.4) is 0 Å². The molecule has 0 radical (unpaired) electrons. The fourth-order valence-electron chi connectivity index (χ4n) is 2.97. The van der Waals surface area contributed by atoms with E-state index in [1.54, 1.807) is 24.3 Å². The molecule has 0 bridgehead atoms. The lowest BCUT2D eigenvalue weighted by atomic mass is 9.99. The minimum absolute atomic E-state index is 0.0761. The van der Waals surface area contributed by atoms with Gasteiger partial charge in [0.15, 0.2) is 0 Å². The molecule has 0 saturated carbocycles. The predicted octanol–water partition coefficient (Wildman–Crippen LogP) is 5.26. The lowest BCUT2D eigenvalue weighted by Gasteiger charge is -2.30. The summed E-state index contributed by atoms with van der Waals surface area (Å²) in [6.07, 6.45) is -2.36. The van der Waals surface area contributed by atoms with Gasteiger partial charge >= 0.3 is 6.18 Å². The molecule has 1 aromatic carbocycles. The zero-order valence-electron chi connectivity index (χ0n) is 15.0. The molecule has 3 rings (SSSR count). The standard InChI is InChI=1S/C20H21F3N2OS/c1-14-8-10-25(11-9-14)19(26)18-7-3-5-16(24-18)13-27-17-6-2-4-15(12-17)20(21,22)23/h2-7,12,14H,8-11,13H2,1H3. The average Bonchev–Trinajstić information content (AvgIpc) is 2.66. The Morgan fingerprint density at radius 1 is 1.19 bits per heavy atom. The molecule has 2 aromatic rings. The molecule has 0 unspecified atom stereocenters. The zero-order chi connectivity index (χ0) is 19.4. The Morgan fingerprint density at radius 2 is 1.89 bits per heavy atom. The van der Waals surface area contributed by atoms with Crippen molar-refractivity contribution in [3.8, 4) is 0 Å². The summed E-state index contributed by atoms with van der Waals surface area (Å²) < 4.78 is 38.4. The normalized spacial score (nSPS) is 15.8. The molecule has 0 N–H and O–H groups in total. The second-order valence-corrected chi connectivity index (χ2v) is 7.85. The number of alkyl halides is 3. The monoisotopic (exact) mass is 394 g/mol. The lowest BCUT2D eigenvalue weighted by Crippen LogP contribution is -2.38. The number of hydrogen-bond acceptors (Lipinski definition) is 3. The number of halogens is 3. The quantitative estimate of drug-likeness (QED) is 0.663.